The maximum atomic E-state index is 12.2. The van der Waals surface area contributed by atoms with Gasteiger partial charge in [0.25, 0.3) is 5.56 Å². The molecule has 0 spiro atoms. The first-order valence-electron chi connectivity index (χ1n) is 7.13. The van der Waals surface area contributed by atoms with Gasteiger partial charge in [-0.3, -0.25) is 9.78 Å². The van der Waals surface area contributed by atoms with E-state index < -0.39 is 0 Å². The monoisotopic (exact) mass is 304 g/mol. The number of H-pyrrole nitrogens is 1. The number of anilines is 2. The summed E-state index contributed by atoms with van der Waals surface area (Å²) in [6.45, 7) is 6.34. The zero-order chi connectivity index (χ0) is 15.0. The third-order valence-electron chi connectivity index (χ3n) is 3.85. The quantitative estimate of drug-likeness (QED) is 0.790. The molecule has 2 aromatic rings. The molecular weight excluding hydrogens is 284 g/mol. The zero-order valence-corrected chi connectivity index (χ0v) is 13.2. The van der Waals surface area contributed by atoms with Gasteiger partial charge < -0.3 is 10.6 Å². The minimum Gasteiger partial charge on any atom is -0.399 e. The van der Waals surface area contributed by atoms with Gasteiger partial charge in [0.05, 0.1) is 10.9 Å². The lowest BCUT2D eigenvalue weighted by Crippen LogP contribution is -2.30. The second-order valence-electron chi connectivity index (χ2n) is 6.01. The number of hydrogen-bond acceptors (Lipinski definition) is 5. The number of hydrogen-bond donors (Lipinski definition) is 2. The van der Waals surface area contributed by atoms with Gasteiger partial charge >= 0.3 is 0 Å². The molecule has 1 saturated heterocycles. The van der Waals surface area contributed by atoms with Crippen molar-refractivity contribution >= 4 is 34.3 Å². The van der Waals surface area contributed by atoms with Crippen LogP contribution in [0.25, 0.3) is 10.9 Å². The minimum absolute atomic E-state index is 0.126. The summed E-state index contributed by atoms with van der Waals surface area (Å²) in [6, 6.07) is 5.26. The Morgan fingerprint density at radius 1 is 1.38 bits per heavy atom. The van der Waals surface area contributed by atoms with Crippen molar-refractivity contribution in [3.63, 3.8) is 0 Å². The lowest BCUT2D eigenvalue weighted by molar-refractivity contribution is 0.632. The smallest absolute Gasteiger partial charge is 0.260 e. The Bertz CT molecular complexity index is 725. The van der Waals surface area contributed by atoms with Crippen LogP contribution in [0.2, 0.25) is 0 Å². The van der Waals surface area contributed by atoms with Gasteiger partial charge in [0.1, 0.15) is 0 Å². The van der Waals surface area contributed by atoms with Crippen molar-refractivity contribution in [1.82, 2.24) is 9.97 Å². The lowest BCUT2D eigenvalue weighted by atomic mass is 10.1. The molecule has 0 bridgehead atoms. The normalized spacial score (nSPS) is 18.7. The molecule has 6 heteroatoms. The molecule has 1 aliphatic heterocycles. The number of aromatic amines is 1. The van der Waals surface area contributed by atoms with Crippen LogP contribution >= 0.6 is 11.8 Å². The van der Waals surface area contributed by atoms with E-state index >= 15 is 0 Å². The first kappa shape index (κ1) is 14.3. The summed E-state index contributed by atoms with van der Waals surface area (Å²) in [4.78, 5) is 21.9. The number of nitrogen functional groups attached to an aromatic ring is 1. The van der Waals surface area contributed by atoms with Gasteiger partial charge in [0, 0.05) is 29.3 Å². The molecule has 0 amide bonds. The summed E-state index contributed by atoms with van der Waals surface area (Å²) < 4.78 is 0.278. The van der Waals surface area contributed by atoms with Crippen LogP contribution in [0.15, 0.2) is 23.0 Å². The molecule has 3 rings (SSSR count). The number of rotatable bonds is 1. The van der Waals surface area contributed by atoms with Crippen LogP contribution < -0.4 is 16.2 Å². The number of nitrogens with one attached hydrogen (secondary N) is 1. The Hall–Kier alpha value is -1.69. The lowest BCUT2D eigenvalue weighted by Gasteiger charge is -2.23. The van der Waals surface area contributed by atoms with Crippen molar-refractivity contribution in [2.75, 3.05) is 29.5 Å². The largest absolute Gasteiger partial charge is 0.399 e. The minimum atomic E-state index is -0.126. The van der Waals surface area contributed by atoms with E-state index in [1.54, 1.807) is 18.2 Å². The van der Waals surface area contributed by atoms with E-state index in [1.807, 2.05) is 11.8 Å². The number of thioether (sulfide) groups is 1. The summed E-state index contributed by atoms with van der Waals surface area (Å²) in [6.07, 6.45) is 1.07. The molecule has 5 nitrogen and oxygen atoms in total. The highest BCUT2D eigenvalue weighted by Crippen LogP contribution is 2.31. The number of nitrogens with two attached hydrogens (primary N) is 1. The van der Waals surface area contributed by atoms with Gasteiger partial charge in [-0.25, -0.2) is 4.98 Å². The molecule has 1 aromatic carbocycles. The molecule has 3 N–H and O–H groups in total. The molecule has 2 heterocycles. The summed E-state index contributed by atoms with van der Waals surface area (Å²) in [7, 11) is 0. The summed E-state index contributed by atoms with van der Waals surface area (Å²) in [5, 5.41) is 0.545. The van der Waals surface area contributed by atoms with Gasteiger partial charge in [0.15, 0.2) is 0 Å². The highest BCUT2D eigenvalue weighted by Gasteiger charge is 2.24. The van der Waals surface area contributed by atoms with Crippen LogP contribution in [0.3, 0.4) is 0 Å². The number of fused-ring (bicyclic) bond motifs is 1. The fourth-order valence-corrected chi connectivity index (χ4v) is 3.63. The van der Waals surface area contributed by atoms with Crippen molar-refractivity contribution in [2.24, 2.45) is 0 Å². The van der Waals surface area contributed by atoms with Crippen molar-refractivity contribution < 1.29 is 0 Å². The number of benzene rings is 1. The van der Waals surface area contributed by atoms with Gasteiger partial charge in [-0.15, -0.1) is 0 Å². The van der Waals surface area contributed by atoms with E-state index in [-0.39, 0.29) is 10.3 Å². The standard InChI is InChI=1S/C15H20N4OS/c1-15(2)5-6-19(7-8-21-15)14-17-12-4-3-10(16)9-11(12)13(20)18-14/h3-4,9H,5-8,16H2,1-2H3,(H,17,18,20). The molecule has 0 unspecified atom stereocenters. The highest BCUT2D eigenvalue weighted by molar-refractivity contribution is 8.00. The first-order valence-corrected chi connectivity index (χ1v) is 8.12. The fraction of sp³-hybridized carbons (Fsp3) is 0.467. The Labute approximate surface area is 127 Å². The molecule has 1 aliphatic rings. The molecule has 1 fully saturated rings. The number of aromatic nitrogens is 2. The van der Waals surface area contributed by atoms with Gasteiger partial charge in [-0.05, 0) is 24.6 Å². The van der Waals surface area contributed by atoms with Crippen LogP contribution in [0.5, 0.6) is 0 Å². The third-order valence-corrected chi connectivity index (χ3v) is 5.23. The van der Waals surface area contributed by atoms with Crippen LogP contribution in [0.4, 0.5) is 11.6 Å². The molecule has 0 aliphatic carbocycles. The van der Waals surface area contributed by atoms with E-state index in [4.69, 9.17) is 5.73 Å². The highest BCUT2D eigenvalue weighted by atomic mass is 32.2. The van der Waals surface area contributed by atoms with Gasteiger partial charge in [-0.1, -0.05) is 13.8 Å². The van der Waals surface area contributed by atoms with Gasteiger partial charge in [0.2, 0.25) is 5.95 Å². The molecule has 0 atom stereocenters. The molecule has 0 radical (unpaired) electrons. The second kappa shape index (κ2) is 5.26. The summed E-state index contributed by atoms with van der Waals surface area (Å²) in [5.74, 6) is 1.70. The van der Waals surface area contributed by atoms with E-state index in [0.717, 1.165) is 25.3 Å². The van der Waals surface area contributed by atoms with Gasteiger partial charge in [-0.2, -0.15) is 11.8 Å². The van der Waals surface area contributed by atoms with Crippen molar-refractivity contribution in [1.29, 1.82) is 0 Å². The Balaban J connectivity index is 1.97. The molecule has 21 heavy (non-hydrogen) atoms. The average molecular weight is 304 g/mol. The van der Waals surface area contributed by atoms with Crippen molar-refractivity contribution in [3.05, 3.63) is 28.6 Å². The van der Waals surface area contributed by atoms with E-state index in [2.05, 4.69) is 28.7 Å². The SMILES string of the molecule is CC1(C)CCN(c2nc3ccc(N)cc3c(=O)[nH]2)CCS1. The van der Waals surface area contributed by atoms with E-state index in [9.17, 15) is 4.79 Å². The summed E-state index contributed by atoms with van der Waals surface area (Å²) >= 11 is 1.97. The second-order valence-corrected chi connectivity index (χ2v) is 7.81. The van der Waals surface area contributed by atoms with E-state index in [0.29, 0.717) is 22.5 Å². The first-order chi connectivity index (χ1) is 9.94. The predicted molar refractivity (Wildman–Crippen MR) is 90.1 cm³/mol. The fourth-order valence-electron chi connectivity index (χ4n) is 2.53. The number of nitrogens with zero attached hydrogens (tertiary/aromatic N) is 2. The third kappa shape index (κ3) is 3.00. The molecular formula is C15H20N4OS. The Kier molecular flexibility index (Phi) is 3.57. The van der Waals surface area contributed by atoms with Crippen molar-refractivity contribution in [2.45, 2.75) is 25.0 Å². The Morgan fingerprint density at radius 3 is 3.00 bits per heavy atom. The maximum Gasteiger partial charge on any atom is 0.260 e. The van der Waals surface area contributed by atoms with Crippen molar-refractivity contribution in [3.8, 4) is 0 Å². The summed E-state index contributed by atoms with van der Waals surface area (Å²) in [5.41, 5.74) is 6.88. The molecule has 112 valence electrons. The van der Waals surface area contributed by atoms with Crippen LogP contribution in [0, 0.1) is 0 Å². The van der Waals surface area contributed by atoms with Crippen LogP contribution in [-0.2, 0) is 0 Å². The van der Waals surface area contributed by atoms with E-state index in [1.165, 1.54) is 0 Å². The van der Waals surface area contributed by atoms with Crippen LogP contribution in [0.1, 0.15) is 20.3 Å². The topological polar surface area (TPSA) is 75.0 Å². The van der Waals surface area contributed by atoms with Crippen LogP contribution in [-0.4, -0.2) is 33.6 Å². The zero-order valence-electron chi connectivity index (χ0n) is 12.3. The predicted octanol–water partition coefficient (Wildman–Crippen LogP) is 2.23. The molecule has 1 aromatic heterocycles. The average Bonchev–Trinajstić information content (AvgIpc) is 2.60. The molecule has 0 saturated carbocycles. The maximum absolute atomic E-state index is 12.2. The Morgan fingerprint density at radius 2 is 2.19 bits per heavy atom.